The Morgan fingerprint density at radius 2 is 2.00 bits per heavy atom. The van der Waals surface area contributed by atoms with Crippen molar-refractivity contribution in [3.63, 3.8) is 0 Å². The molecule has 0 aliphatic heterocycles. The number of nitrogens with two attached hydrogens (primary N) is 1. The smallest absolute Gasteiger partial charge is 0.231 e. The summed E-state index contributed by atoms with van der Waals surface area (Å²) in [4.78, 5) is 7.86. The Hall–Kier alpha value is -1.62. The Labute approximate surface area is 102 Å². The van der Waals surface area contributed by atoms with E-state index in [1.54, 1.807) is 6.20 Å². The fourth-order valence-corrected chi connectivity index (χ4v) is 1.51. The molecule has 82 valence electrons. The van der Waals surface area contributed by atoms with E-state index in [0.29, 0.717) is 12.5 Å². The molecule has 0 saturated heterocycles. The Kier molecular flexibility index (Phi) is 3.36. The molecule has 2 aromatic rings. The topological polar surface area (TPSA) is 61.0 Å². The average molecular weight is 280 g/mol. The van der Waals surface area contributed by atoms with Gasteiger partial charge in [0.05, 0.1) is 4.47 Å². The number of hydrogen-bond donors (Lipinski definition) is 1. The third-order valence-electron chi connectivity index (χ3n) is 1.99. The van der Waals surface area contributed by atoms with Gasteiger partial charge in [-0.3, -0.25) is 0 Å². The van der Waals surface area contributed by atoms with Crippen molar-refractivity contribution in [1.29, 1.82) is 0 Å². The van der Waals surface area contributed by atoms with Crippen LogP contribution in [0, 0.1) is 0 Å². The van der Waals surface area contributed by atoms with Crippen LogP contribution < -0.4 is 10.5 Å². The lowest BCUT2D eigenvalue weighted by Crippen LogP contribution is -1.98. The summed E-state index contributed by atoms with van der Waals surface area (Å²) >= 11 is 3.31. The van der Waals surface area contributed by atoms with Crippen LogP contribution in [-0.4, -0.2) is 9.97 Å². The molecule has 4 nitrogen and oxygen atoms in total. The minimum Gasteiger partial charge on any atom is -0.472 e. The second-order valence-corrected chi connectivity index (χ2v) is 4.06. The number of hydrogen-bond acceptors (Lipinski definition) is 4. The van der Waals surface area contributed by atoms with E-state index < -0.39 is 0 Å². The van der Waals surface area contributed by atoms with Crippen molar-refractivity contribution >= 4 is 21.6 Å². The molecule has 0 amide bonds. The van der Waals surface area contributed by atoms with Gasteiger partial charge >= 0.3 is 0 Å². The first-order valence-electron chi connectivity index (χ1n) is 4.68. The number of rotatable bonds is 3. The maximum absolute atomic E-state index is 5.59. The zero-order chi connectivity index (χ0) is 11.4. The predicted molar refractivity (Wildman–Crippen MR) is 64.9 cm³/mol. The zero-order valence-corrected chi connectivity index (χ0v) is 10.0. The van der Waals surface area contributed by atoms with Gasteiger partial charge in [0.15, 0.2) is 0 Å². The molecule has 1 heterocycles. The van der Waals surface area contributed by atoms with Gasteiger partial charge in [-0.2, -0.15) is 0 Å². The van der Waals surface area contributed by atoms with Crippen molar-refractivity contribution in [2.24, 2.45) is 0 Å². The highest BCUT2D eigenvalue weighted by molar-refractivity contribution is 9.10. The minimum absolute atomic E-state index is 0.454. The summed E-state index contributed by atoms with van der Waals surface area (Å²) in [5.74, 6) is 0.534. The summed E-state index contributed by atoms with van der Waals surface area (Å²) in [6.45, 7) is 0.454. The van der Waals surface area contributed by atoms with Crippen LogP contribution in [0.25, 0.3) is 0 Å². The van der Waals surface area contributed by atoms with Gasteiger partial charge in [-0.05, 0) is 33.6 Å². The summed E-state index contributed by atoms with van der Waals surface area (Å²) in [6, 6.07) is 7.52. The lowest BCUT2D eigenvalue weighted by molar-refractivity contribution is 0.291. The molecule has 0 unspecified atom stereocenters. The molecule has 0 bridgehead atoms. The molecular weight excluding hydrogens is 270 g/mol. The molecule has 0 fully saturated rings. The van der Waals surface area contributed by atoms with Crippen LogP contribution in [0.2, 0.25) is 0 Å². The molecule has 1 aromatic carbocycles. The number of nitrogens with zero attached hydrogens (tertiary/aromatic N) is 2. The summed E-state index contributed by atoms with van der Waals surface area (Å²) < 4.78 is 6.27. The first kappa shape index (κ1) is 10.9. The first-order valence-corrected chi connectivity index (χ1v) is 5.48. The molecule has 0 aliphatic rings. The molecule has 2 N–H and O–H groups in total. The van der Waals surface area contributed by atoms with Crippen LogP contribution in [0.15, 0.2) is 41.3 Å². The third-order valence-corrected chi connectivity index (χ3v) is 2.53. The average Bonchev–Trinajstić information content (AvgIpc) is 2.30. The largest absolute Gasteiger partial charge is 0.472 e. The van der Waals surface area contributed by atoms with E-state index in [0.717, 1.165) is 15.7 Å². The molecule has 0 atom stereocenters. The molecule has 5 heteroatoms. The SMILES string of the molecule is Nc1ccc(COc2ncncc2Br)cc1. The summed E-state index contributed by atoms with van der Waals surface area (Å²) in [5, 5.41) is 0. The van der Waals surface area contributed by atoms with E-state index in [1.165, 1.54) is 6.33 Å². The molecule has 16 heavy (non-hydrogen) atoms. The van der Waals surface area contributed by atoms with E-state index >= 15 is 0 Å². The quantitative estimate of drug-likeness (QED) is 0.877. The monoisotopic (exact) mass is 279 g/mol. The molecule has 2 rings (SSSR count). The van der Waals surface area contributed by atoms with Crippen LogP contribution in [0.1, 0.15) is 5.56 Å². The minimum atomic E-state index is 0.454. The van der Waals surface area contributed by atoms with E-state index in [1.807, 2.05) is 24.3 Å². The summed E-state index contributed by atoms with van der Waals surface area (Å²) in [6.07, 6.45) is 3.09. The van der Waals surface area contributed by atoms with E-state index in [2.05, 4.69) is 25.9 Å². The van der Waals surface area contributed by atoms with Crippen molar-refractivity contribution in [3.8, 4) is 5.88 Å². The van der Waals surface area contributed by atoms with Gasteiger partial charge in [0.2, 0.25) is 5.88 Å². The van der Waals surface area contributed by atoms with Gasteiger partial charge in [0.1, 0.15) is 12.9 Å². The maximum Gasteiger partial charge on any atom is 0.231 e. The lowest BCUT2D eigenvalue weighted by atomic mass is 10.2. The number of ether oxygens (including phenoxy) is 1. The normalized spacial score (nSPS) is 10.1. The molecule has 0 spiro atoms. The number of nitrogen functional groups attached to an aromatic ring is 1. The van der Waals surface area contributed by atoms with Crippen molar-refractivity contribution in [2.45, 2.75) is 6.61 Å². The van der Waals surface area contributed by atoms with Crippen LogP contribution in [-0.2, 0) is 6.61 Å². The highest BCUT2D eigenvalue weighted by atomic mass is 79.9. The maximum atomic E-state index is 5.59. The summed E-state index contributed by atoms with van der Waals surface area (Å²) in [5.41, 5.74) is 7.37. The first-order chi connectivity index (χ1) is 7.75. The van der Waals surface area contributed by atoms with E-state index in [4.69, 9.17) is 10.5 Å². The van der Waals surface area contributed by atoms with E-state index in [-0.39, 0.29) is 0 Å². The Bertz CT molecular complexity index is 473. The second kappa shape index (κ2) is 4.94. The summed E-state index contributed by atoms with van der Waals surface area (Å²) in [7, 11) is 0. The van der Waals surface area contributed by atoms with Crippen molar-refractivity contribution in [3.05, 3.63) is 46.8 Å². The number of anilines is 1. The van der Waals surface area contributed by atoms with Crippen molar-refractivity contribution in [2.75, 3.05) is 5.73 Å². The van der Waals surface area contributed by atoms with Crippen molar-refractivity contribution < 1.29 is 4.74 Å². The Morgan fingerprint density at radius 3 is 2.69 bits per heavy atom. The highest BCUT2D eigenvalue weighted by Crippen LogP contribution is 2.20. The predicted octanol–water partition coefficient (Wildman–Crippen LogP) is 2.40. The van der Waals surface area contributed by atoms with Crippen LogP contribution >= 0.6 is 15.9 Å². The third kappa shape index (κ3) is 2.70. The van der Waals surface area contributed by atoms with Crippen molar-refractivity contribution in [1.82, 2.24) is 9.97 Å². The van der Waals surface area contributed by atoms with Crippen LogP contribution in [0.5, 0.6) is 5.88 Å². The number of aromatic nitrogens is 2. The lowest BCUT2D eigenvalue weighted by Gasteiger charge is -2.06. The van der Waals surface area contributed by atoms with Gasteiger partial charge in [0, 0.05) is 11.9 Å². The molecule has 1 aromatic heterocycles. The highest BCUT2D eigenvalue weighted by Gasteiger charge is 2.02. The van der Waals surface area contributed by atoms with E-state index in [9.17, 15) is 0 Å². The fourth-order valence-electron chi connectivity index (χ4n) is 1.17. The standard InChI is InChI=1S/C11H10BrN3O/c12-10-5-14-7-15-11(10)16-6-8-1-3-9(13)4-2-8/h1-5,7H,6,13H2. The molecule has 0 saturated carbocycles. The van der Waals surface area contributed by atoms with Crippen LogP contribution in [0.3, 0.4) is 0 Å². The molecule has 0 radical (unpaired) electrons. The Morgan fingerprint density at radius 1 is 1.25 bits per heavy atom. The van der Waals surface area contributed by atoms with Gasteiger partial charge < -0.3 is 10.5 Å². The second-order valence-electron chi connectivity index (χ2n) is 3.21. The zero-order valence-electron chi connectivity index (χ0n) is 8.43. The molecular formula is C11H10BrN3O. The van der Waals surface area contributed by atoms with Gasteiger partial charge in [-0.15, -0.1) is 0 Å². The number of halogens is 1. The number of benzene rings is 1. The van der Waals surface area contributed by atoms with Gasteiger partial charge in [-0.1, -0.05) is 12.1 Å². The van der Waals surface area contributed by atoms with Gasteiger partial charge in [-0.25, -0.2) is 9.97 Å². The van der Waals surface area contributed by atoms with Gasteiger partial charge in [0.25, 0.3) is 0 Å². The van der Waals surface area contributed by atoms with Crippen LogP contribution in [0.4, 0.5) is 5.69 Å². The fraction of sp³-hybridized carbons (Fsp3) is 0.0909. The Balaban J connectivity index is 2.02. The molecule has 0 aliphatic carbocycles.